The molecule has 3 aromatic rings. The number of benzene rings is 2. The number of hydrogen-bond acceptors (Lipinski definition) is 4. The van der Waals surface area contributed by atoms with E-state index >= 15 is 0 Å². The molecule has 0 saturated carbocycles. The van der Waals surface area contributed by atoms with E-state index in [9.17, 15) is 10.1 Å². The number of carbonyl (C=O) groups excluding carboxylic acids is 1. The summed E-state index contributed by atoms with van der Waals surface area (Å²) in [6.45, 7) is 3.85. The van der Waals surface area contributed by atoms with Crippen molar-refractivity contribution in [3.05, 3.63) is 64.8 Å². The maximum atomic E-state index is 12.7. The molecule has 1 N–H and O–H groups in total. The monoisotopic (exact) mass is 387 g/mol. The van der Waals surface area contributed by atoms with Crippen LogP contribution < -0.4 is 5.32 Å². The van der Waals surface area contributed by atoms with Gasteiger partial charge in [-0.25, -0.2) is 4.98 Å². The van der Waals surface area contributed by atoms with Crippen LogP contribution in [0.3, 0.4) is 0 Å². The summed E-state index contributed by atoms with van der Waals surface area (Å²) in [6, 6.07) is 16.2. The first-order chi connectivity index (χ1) is 13.6. The van der Waals surface area contributed by atoms with Crippen molar-refractivity contribution in [2.75, 3.05) is 5.32 Å². The molecule has 0 aliphatic heterocycles. The quantitative estimate of drug-likeness (QED) is 0.638. The van der Waals surface area contributed by atoms with Crippen molar-refractivity contribution in [2.45, 2.75) is 43.4 Å². The van der Waals surface area contributed by atoms with Gasteiger partial charge in [0, 0.05) is 11.4 Å². The third-order valence-corrected chi connectivity index (χ3v) is 6.34. The van der Waals surface area contributed by atoms with Crippen LogP contribution in [0, 0.1) is 18.3 Å². The van der Waals surface area contributed by atoms with Gasteiger partial charge in [-0.3, -0.25) is 4.79 Å². The summed E-state index contributed by atoms with van der Waals surface area (Å²) >= 11 is 1.36. The highest BCUT2D eigenvalue weighted by molar-refractivity contribution is 8.00. The maximum Gasteiger partial charge on any atom is 0.237 e. The fourth-order valence-electron chi connectivity index (χ4n) is 3.69. The number of pyridine rings is 1. The molecule has 0 radical (unpaired) electrons. The molecule has 1 aliphatic carbocycles. The zero-order valence-corrected chi connectivity index (χ0v) is 16.8. The van der Waals surface area contributed by atoms with Gasteiger partial charge in [0.15, 0.2) is 0 Å². The van der Waals surface area contributed by atoms with E-state index < -0.39 is 0 Å². The van der Waals surface area contributed by atoms with Gasteiger partial charge in [-0.2, -0.15) is 5.26 Å². The van der Waals surface area contributed by atoms with E-state index in [0.29, 0.717) is 10.6 Å². The third-order valence-electron chi connectivity index (χ3n) is 5.25. The molecule has 140 valence electrons. The van der Waals surface area contributed by atoms with Crippen LogP contribution in [0.5, 0.6) is 0 Å². The maximum absolute atomic E-state index is 12.7. The van der Waals surface area contributed by atoms with E-state index in [1.54, 1.807) is 0 Å². The van der Waals surface area contributed by atoms with Crippen molar-refractivity contribution < 1.29 is 4.79 Å². The molecular weight excluding hydrogens is 366 g/mol. The highest BCUT2D eigenvalue weighted by Crippen LogP contribution is 2.33. The fraction of sp³-hybridized carbons (Fsp3) is 0.261. The number of carbonyl (C=O) groups is 1. The van der Waals surface area contributed by atoms with Crippen molar-refractivity contribution in [3.8, 4) is 6.07 Å². The predicted molar refractivity (Wildman–Crippen MR) is 114 cm³/mol. The molecule has 1 atom stereocenters. The Bertz CT molecular complexity index is 1120. The number of anilines is 1. The zero-order valence-electron chi connectivity index (χ0n) is 16.0. The largest absolute Gasteiger partial charge is 0.325 e. The summed E-state index contributed by atoms with van der Waals surface area (Å²) in [6.07, 6.45) is 3.03. The first-order valence-electron chi connectivity index (χ1n) is 9.45. The minimum Gasteiger partial charge on any atom is -0.325 e. The number of nitrogens with zero attached hydrogens (tertiary/aromatic N) is 2. The SMILES string of the molecule is Cc1c(C#N)c(S[C@H](C)C(=O)Nc2ccc3ccccc3c2)nc2c1CCC2. The van der Waals surface area contributed by atoms with Gasteiger partial charge in [0.2, 0.25) is 5.91 Å². The Morgan fingerprint density at radius 2 is 2.00 bits per heavy atom. The average Bonchev–Trinajstić information content (AvgIpc) is 3.17. The van der Waals surface area contributed by atoms with E-state index in [2.05, 4.69) is 11.4 Å². The van der Waals surface area contributed by atoms with E-state index in [-0.39, 0.29) is 11.2 Å². The Hall–Kier alpha value is -2.84. The normalized spacial score (nSPS) is 13.8. The topological polar surface area (TPSA) is 65.8 Å². The van der Waals surface area contributed by atoms with Gasteiger partial charge in [-0.05, 0) is 67.1 Å². The van der Waals surface area contributed by atoms with Crippen molar-refractivity contribution in [2.24, 2.45) is 0 Å². The minimum atomic E-state index is -0.357. The summed E-state index contributed by atoms with van der Waals surface area (Å²) < 4.78 is 0. The summed E-state index contributed by atoms with van der Waals surface area (Å²) in [5.74, 6) is -0.0934. The summed E-state index contributed by atoms with van der Waals surface area (Å²) in [7, 11) is 0. The second kappa shape index (κ2) is 7.65. The summed E-state index contributed by atoms with van der Waals surface area (Å²) in [5, 5.41) is 15.1. The van der Waals surface area contributed by atoms with Crippen molar-refractivity contribution in [1.29, 1.82) is 5.26 Å². The van der Waals surface area contributed by atoms with E-state index in [1.807, 2.05) is 56.3 Å². The third kappa shape index (κ3) is 3.48. The lowest BCUT2D eigenvalue weighted by molar-refractivity contribution is -0.115. The van der Waals surface area contributed by atoms with Crippen molar-refractivity contribution >= 4 is 34.1 Å². The molecule has 1 aliphatic rings. The number of nitrogens with one attached hydrogen (secondary N) is 1. The van der Waals surface area contributed by atoms with Gasteiger partial charge < -0.3 is 5.32 Å². The molecule has 0 unspecified atom stereocenters. The van der Waals surface area contributed by atoms with Crippen LogP contribution in [-0.4, -0.2) is 16.1 Å². The summed E-state index contributed by atoms with van der Waals surface area (Å²) in [5.41, 5.74) is 4.70. The number of fused-ring (bicyclic) bond motifs is 2. The molecule has 1 amide bonds. The molecule has 1 heterocycles. The van der Waals surface area contributed by atoms with Gasteiger partial charge >= 0.3 is 0 Å². The lowest BCUT2D eigenvalue weighted by Crippen LogP contribution is -2.22. The molecule has 0 spiro atoms. The molecule has 0 fully saturated rings. The van der Waals surface area contributed by atoms with Crippen LogP contribution in [-0.2, 0) is 17.6 Å². The van der Waals surface area contributed by atoms with Crippen LogP contribution in [0.15, 0.2) is 47.5 Å². The molecule has 28 heavy (non-hydrogen) atoms. The van der Waals surface area contributed by atoms with E-state index in [4.69, 9.17) is 4.98 Å². The highest BCUT2D eigenvalue weighted by Gasteiger charge is 2.24. The van der Waals surface area contributed by atoms with Gasteiger partial charge in [-0.15, -0.1) is 0 Å². The Morgan fingerprint density at radius 3 is 2.79 bits per heavy atom. The molecule has 0 saturated heterocycles. The second-order valence-electron chi connectivity index (χ2n) is 7.12. The Morgan fingerprint density at radius 1 is 1.21 bits per heavy atom. The smallest absolute Gasteiger partial charge is 0.237 e. The summed E-state index contributed by atoms with van der Waals surface area (Å²) in [4.78, 5) is 17.4. The van der Waals surface area contributed by atoms with Gasteiger partial charge in [-0.1, -0.05) is 42.1 Å². The molecule has 4 rings (SSSR count). The zero-order chi connectivity index (χ0) is 19.7. The van der Waals surface area contributed by atoms with Crippen LogP contribution >= 0.6 is 11.8 Å². The van der Waals surface area contributed by atoms with E-state index in [0.717, 1.165) is 47.0 Å². The van der Waals surface area contributed by atoms with Gasteiger partial charge in [0.1, 0.15) is 11.1 Å². The van der Waals surface area contributed by atoms with Gasteiger partial charge in [0.25, 0.3) is 0 Å². The average molecular weight is 388 g/mol. The van der Waals surface area contributed by atoms with Crippen LogP contribution in [0.4, 0.5) is 5.69 Å². The van der Waals surface area contributed by atoms with E-state index in [1.165, 1.54) is 17.3 Å². The Labute approximate surface area is 169 Å². The fourth-order valence-corrected chi connectivity index (χ4v) is 4.67. The number of amides is 1. The van der Waals surface area contributed by atoms with Crippen LogP contribution in [0.1, 0.15) is 35.7 Å². The molecule has 1 aromatic heterocycles. The van der Waals surface area contributed by atoms with Crippen LogP contribution in [0.25, 0.3) is 10.8 Å². The lowest BCUT2D eigenvalue weighted by atomic mass is 10.0. The molecule has 4 nitrogen and oxygen atoms in total. The number of rotatable bonds is 4. The standard InChI is InChI=1S/C23H21N3OS/c1-14-19-8-5-9-21(19)26-23(20(14)13-24)28-15(2)22(27)25-18-11-10-16-6-3-4-7-17(16)12-18/h3-4,6-7,10-12,15H,5,8-9H2,1-2H3,(H,25,27)/t15-/m1/s1. The van der Waals surface area contributed by atoms with Crippen LogP contribution in [0.2, 0.25) is 0 Å². The highest BCUT2D eigenvalue weighted by atomic mass is 32.2. The predicted octanol–water partition coefficient (Wildman–Crippen LogP) is 5.02. The Kier molecular flexibility index (Phi) is 5.06. The molecule has 0 bridgehead atoms. The van der Waals surface area contributed by atoms with Gasteiger partial charge in [0.05, 0.1) is 10.8 Å². The number of aromatic nitrogens is 1. The molecule has 5 heteroatoms. The number of thioether (sulfide) groups is 1. The minimum absolute atomic E-state index is 0.0934. The molecular formula is C23H21N3OS. The lowest BCUT2D eigenvalue weighted by Gasteiger charge is -2.15. The van der Waals surface area contributed by atoms with Crippen molar-refractivity contribution in [1.82, 2.24) is 4.98 Å². The number of aryl methyl sites for hydroxylation is 1. The number of hydrogen-bond donors (Lipinski definition) is 1. The Balaban J connectivity index is 1.53. The first kappa shape index (κ1) is 18.5. The number of nitriles is 1. The second-order valence-corrected chi connectivity index (χ2v) is 8.45. The first-order valence-corrected chi connectivity index (χ1v) is 10.3. The van der Waals surface area contributed by atoms with Crippen molar-refractivity contribution in [3.63, 3.8) is 0 Å². The molecule has 2 aromatic carbocycles.